The van der Waals surface area contributed by atoms with Gasteiger partial charge in [-0.15, -0.1) is 0 Å². The molecule has 0 atom stereocenters. The van der Waals surface area contributed by atoms with Crippen molar-refractivity contribution < 1.29 is 19.1 Å². The molecule has 0 unspecified atom stereocenters. The third-order valence-corrected chi connectivity index (χ3v) is 3.42. The average Bonchev–Trinajstić information content (AvgIpc) is 2.57. The molecular formula is C18H26O4. The molecule has 1 aromatic carbocycles. The topological polar surface area (TPSA) is 52.6 Å². The normalized spacial score (nSPS) is 13.5. The summed E-state index contributed by atoms with van der Waals surface area (Å²) >= 11 is 0. The molecule has 4 heteroatoms. The molecule has 0 aromatic heterocycles. The predicted octanol–water partition coefficient (Wildman–Crippen LogP) is 4.38. The van der Waals surface area contributed by atoms with Gasteiger partial charge in [0.15, 0.2) is 0 Å². The summed E-state index contributed by atoms with van der Waals surface area (Å²) in [5.74, 6) is -1.02. The number of rotatable bonds is 4. The van der Waals surface area contributed by atoms with Crippen LogP contribution in [0.4, 0.5) is 0 Å². The lowest BCUT2D eigenvalue weighted by molar-refractivity contribution is 0.0479. The van der Waals surface area contributed by atoms with Crippen LogP contribution in [-0.4, -0.2) is 25.2 Å². The molecule has 1 saturated carbocycles. The van der Waals surface area contributed by atoms with Crippen molar-refractivity contribution in [2.24, 2.45) is 0 Å². The smallest absolute Gasteiger partial charge is 0.338 e. The Morgan fingerprint density at radius 3 is 1.36 bits per heavy atom. The summed E-state index contributed by atoms with van der Waals surface area (Å²) in [6, 6.07) is 6.44. The van der Waals surface area contributed by atoms with Crippen LogP contribution in [0, 0.1) is 0 Å². The van der Waals surface area contributed by atoms with Crippen LogP contribution in [0.5, 0.6) is 0 Å². The summed E-state index contributed by atoms with van der Waals surface area (Å²) in [4.78, 5) is 23.1. The first-order valence-electron chi connectivity index (χ1n) is 8.14. The van der Waals surface area contributed by atoms with Crippen molar-refractivity contribution in [3.8, 4) is 0 Å². The SMILES string of the molecule is C1CCCCC1.CCOC(=O)c1ccccc1C(=O)OCC. The molecule has 0 aliphatic heterocycles. The molecule has 2 rings (SSSR count). The maximum atomic E-state index is 11.5. The molecule has 0 amide bonds. The third-order valence-electron chi connectivity index (χ3n) is 3.42. The quantitative estimate of drug-likeness (QED) is 0.775. The van der Waals surface area contributed by atoms with Crippen molar-refractivity contribution >= 4 is 11.9 Å². The second-order valence-corrected chi connectivity index (χ2v) is 5.11. The van der Waals surface area contributed by atoms with E-state index in [1.54, 1.807) is 38.1 Å². The highest BCUT2D eigenvalue weighted by atomic mass is 16.5. The van der Waals surface area contributed by atoms with Gasteiger partial charge in [0.25, 0.3) is 0 Å². The maximum absolute atomic E-state index is 11.5. The van der Waals surface area contributed by atoms with Gasteiger partial charge in [-0.3, -0.25) is 0 Å². The molecule has 0 heterocycles. The van der Waals surface area contributed by atoms with Gasteiger partial charge in [-0.05, 0) is 26.0 Å². The number of hydrogen-bond donors (Lipinski definition) is 0. The highest BCUT2D eigenvalue weighted by Crippen LogP contribution is 2.15. The van der Waals surface area contributed by atoms with Gasteiger partial charge in [-0.25, -0.2) is 9.59 Å². The molecule has 1 aliphatic carbocycles. The van der Waals surface area contributed by atoms with Crippen molar-refractivity contribution in [3.05, 3.63) is 35.4 Å². The summed E-state index contributed by atoms with van der Waals surface area (Å²) in [6.45, 7) is 3.97. The van der Waals surface area contributed by atoms with E-state index in [9.17, 15) is 9.59 Å². The number of ether oxygens (including phenoxy) is 2. The van der Waals surface area contributed by atoms with Gasteiger partial charge in [-0.2, -0.15) is 0 Å². The fraction of sp³-hybridized carbons (Fsp3) is 0.556. The second-order valence-electron chi connectivity index (χ2n) is 5.11. The van der Waals surface area contributed by atoms with Gasteiger partial charge in [0.1, 0.15) is 0 Å². The van der Waals surface area contributed by atoms with Gasteiger partial charge >= 0.3 is 11.9 Å². The van der Waals surface area contributed by atoms with Gasteiger partial charge in [0.05, 0.1) is 24.3 Å². The van der Waals surface area contributed by atoms with Crippen LogP contribution in [-0.2, 0) is 9.47 Å². The van der Waals surface area contributed by atoms with Gasteiger partial charge < -0.3 is 9.47 Å². The Morgan fingerprint density at radius 2 is 1.09 bits per heavy atom. The Hall–Kier alpha value is -1.84. The molecular weight excluding hydrogens is 280 g/mol. The van der Waals surface area contributed by atoms with Gasteiger partial charge in [0.2, 0.25) is 0 Å². The van der Waals surface area contributed by atoms with E-state index in [-0.39, 0.29) is 24.3 Å². The maximum Gasteiger partial charge on any atom is 0.338 e. The molecule has 0 radical (unpaired) electrons. The Balaban J connectivity index is 0.000000335. The fourth-order valence-corrected chi connectivity index (χ4v) is 2.32. The lowest BCUT2D eigenvalue weighted by Crippen LogP contribution is -2.13. The standard InChI is InChI=1S/C12H14O4.C6H12/c1-3-15-11(13)9-7-5-6-8-10(9)12(14)16-4-2;1-2-4-6-5-3-1/h5-8H,3-4H2,1-2H3;1-6H2. The van der Waals surface area contributed by atoms with Crippen LogP contribution in [0.3, 0.4) is 0 Å². The number of hydrogen-bond acceptors (Lipinski definition) is 4. The number of carbonyl (C=O) groups excluding carboxylic acids is 2. The van der Waals surface area contributed by atoms with Gasteiger partial charge in [0, 0.05) is 0 Å². The molecule has 0 saturated heterocycles. The molecule has 4 nitrogen and oxygen atoms in total. The van der Waals surface area contributed by atoms with Crippen LogP contribution in [0.15, 0.2) is 24.3 Å². The molecule has 22 heavy (non-hydrogen) atoms. The van der Waals surface area contributed by atoms with E-state index in [1.165, 1.54) is 38.5 Å². The highest BCUT2D eigenvalue weighted by molar-refractivity contribution is 6.03. The minimum atomic E-state index is -0.508. The van der Waals surface area contributed by atoms with Crippen molar-refractivity contribution in [2.45, 2.75) is 52.4 Å². The van der Waals surface area contributed by atoms with Crippen LogP contribution < -0.4 is 0 Å². The van der Waals surface area contributed by atoms with E-state index in [2.05, 4.69) is 0 Å². The van der Waals surface area contributed by atoms with E-state index >= 15 is 0 Å². The molecule has 0 spiro atoms. The summed E-state index contributed by atoms with van der Waals surface area (Å²) in [6.07, 6.45) is 9.00. The zero-order valence-electron chi connectivity index (χ0n) is 13.6. The number of esters is 2. The summed E-state index contributed by atoms with van der Waals surface area (Å²) < 4.78 is 9.70. The Labute approximate surface area is 132 Å². The first-order valence-corrected chi connectivity index (χ1v) is 8.14. The fourth-order valence-electron chi connectivity index (χ4n) is 2.32. The molecule has 1 aliphatic rings. The van der Waals surface area contributed by atoms with E-state index in [1.807, 2.05) is 0 Å². The minimum absolute atomic E-state index is 0.239. The van der Waals surface area contributed by atoms with E-state index in [4.69, 9.17) is 9.47 Å². The van der Waals surface area contributed by atoms with Crippen LogP contribution in [0.1, 0.15) is 73.1 Å². The van der Waals surface area contributed by atoms with Gasteiger partial charge in [-0.1, -0.05) is 50.7 Å². The monoisotopic (exact) mass is 306 g/mol. The second kappa shape index (κ2) is 10.8. The minimum Gasteiger partial charge on any atom is -0.462 e. The number of carbonyl (C=O) groups is 2. The third kappa shape index (κ3) is 6.29. The first-order chi connectivity index (χ1) is 10.7. The summed E-state index contributed by atoms with van der Waals surface area (Å²) in [5, 5.41) is 0. The molecule has 1 fully saturated rings. The predicted molar refractivity (Wildman–Crippen MR) is 86.1 cm³/mol. The van der Waals surface area contributed by atoms with E-state index < -0.39 is 11.9 Å². The molecule has 0 bridgehead atoms. The lowest BCUT2D eigenvalue weighted by Gasteiger charge is -2.07. The van der Waals surface area contributed by atoms with E-state index in [0.29, 0.717) is 0 Å². The molecule has 0 N–H and O–H groups in total. The summed E-state index contributed by atoms with van der Waals surface area (Å²) in [7, 11) is 0. The van der Waals surface area contributed by atoms with Crippen LogP contribution >= 0.6 is 0 Å². The van der Waals surface area contributed by atoms with E-state index in [0.717, 1.165) is 0 Å². The Kier molecular flexibility index (Phi) is 8.96. The lowest BCUT2D eigenvalue weighted by atomic mass is 10.0. The summed E-state index contributed by atoms with van der Waals surface area (Å²) in [5.41, 5.74) is 0.477. The molecule has 122 valence electrons. The molecule has 1 aromatic rings. The Morgan fingerprint density at radius 1 is 0.773 bits per heavy atom. The number of benzene rings is 1. The largest absolute Gasteiger partial charge is 0.462 e. The highest BCUT2D eigenvalue weighted by Gasteiger charge is 2.17. The average molecular weight is 306 g/mol. The zero-order valence-corrected chi connectivity index (χ0v) is 13.6. The Bertz CT molecular complexity index is 415. The van der Waals surface area contributed by atoms with Crippen LogP contribution in [0.25, 0.3) is 0 Å². The van der Waals surface area contributed by atoms with Crippen molar-refractivity contribution in [3.63, 3.8) is 0 Å². The zero-order chi connectivity index (χ0) is 16.2. The first kappa shape index (κ1) is 18.2. The van der Waals surface area contributed by atoms with Crippen molar-refractivity contribution in [1.29, 1.82) is 0 Å². The van der Waals surface area contributed by atoms with Crippen LogP contribution in [0.2, 0.25) is 0 Å². The van der Waals surface area contributed by atoms with Crippen molar-refractivity contribution in [1.82, 2.24) is 0 Å². The van der Waals surface area contributed by atoms with Crippen molar-refractivity contribution in [2.75, 3.05) is 13.2 Å².